The third kappa shape index (κ3) is 2.47. The number of benzene rings is 1. The molecule has 1 heterocycles. The molecule has 0 bridgehead atoms. The molecule has 6 nitrogen and oxygen atoms in total. The molecule has 0 aromatic heterocycles. The van der Waals surface area contributed by atoms with E-state index in [1.807, 2.05) is 0 Å². The summed E-state index contributed by atoms with van der Waals surface area (Å²) in [6, 6.07) is 6.71. The van der Waals surface area contributed by atoms with Crippen molar-refractivity contribution in [3.63, 3.8) is 0 Å². The van der Waals surface area contributed by atoms with Crippen LogP contribution in [0.4, 0.5) is 0 Å². The predicted octanol–water partition coefficient (Wildman–Crippen LogP) is 1.10. The van der Waals surface area contributed by atoms with Crippen molar-refractivity contribution in [1.82, 2.24) is 0 Å². The van der Waals surface area contributed by atoms with Gasteiger partial charge in [-0.25, -0.2) is 0 Å². The van der Waals surface area contributed by atoms with E-state index in [9.17, 15) is 5.11 Å². The number of hydrogen-bond donors (Lipinski definition) is 1. The number of phenolic OH excluding ortho intramolecular Hbond substituents is 1. The lowest BCUT2D eigenvalue weighted by molar-refractivity contribution is 0.0672. The first kappa shape index (κ1) is 11.3. The molecule has 0 aliphatic carbocycles. The first-order valence-electron chi connectivity index (χ1n) is 5.05. The summed E-state index contributed by atoms with van der Waals surface area (Å²) < 4.78 is 5.31. The third-order valence-electron chi connectivity index (χ3n) is 2.11. The summed E-state index contributed by atoms with van der Waals surface area (Å²) in [5.74, 6) is 0.264. The predicted molar refractivity (Wildman–Crippen MR) is 61.0 cm³/mol. The van der Waals surface area contributed by atoms with Gasteiger partial charge in [-0.1, -0.05) is 17.3 Å². The van der Waals surface area contributed by atoms with E-state index in [1.165, 1.54) is 7.11 Å². The van der Waals surface area contributed by atoms with Crippen LogP contribution in [-0.2, 0) is 14.4 Å². The number of phenols is 1. The highest BCUT2D eigenvalue weighted by molar-refractivity contribution is 6.45. The van der Waals surface area contributed by atoms with Crippen LogP contribution in [0.25, 0.3) is 0 Å². The molecule has 0 amide bonds. The summed E-state index contributed by atoms with van der Waals surface area (Å²) >= 11 is 0. The Bertz CT molecular complexity index is 457. The van der Waals surface area contributed by atoms with Crippen molar-refractivity contribution in [2.24, 2.45) is 10.3 Å². The lowest BCUT2D eigenvalue weighted by Gasteiger charge is -2.15. The monoisotopic (exact) mass is 236 g/mol. The van der Waals surface area contributed by atoms with Crippen LogP contribution in [0, 0.1) is 0 Å². The molecule has 1 aromatic rings. The minimum absolute atomic E-state index is 0.0696. The Hall–Kier alpha value is -2.24. The zero-order chi connectivity index (χ0) is 12.1. The van der Waals surface area contributed by atoms with Crippen molar-refractivity contribution in [2.75, 3.05) is 20.3 Å². The second kappa shape index (κ2) is 5.20. The van der Waals surface area contributed by atoms with Crippen molar-refractivity contribution in [2.45, 2.75) is 0 Å². The van der Waals surface area contributed by atoms with Gasteiger partial charge in [0.1, 0.15) is 19.5 Å². The van der Waals surface area contributed by atoms with Crippen molar-refractivity contribution in [3.8, 4) is 5.75 Å². The number of ether oxygens (including phenoxy) is 1. The third-order valence-corrected chi connectivity index (χ3v) is 2.11. The van der Waals surface area contributed by atoms with Gasteiger partial charge in [-0.05, 0) is 17.3 Å². The second-order valence-electron chi connectivity index (χ2n) is 3.22. The van der Waals surface area contributed by atoms with Gasteiger partial charge in [0.25, 0.3) is 5.90 Å². The van der Waals surface area contributed by atoms with Gasteiger partial charge in [0.15, 0.2) is 12.3 Å². The molecule has 1 N–H and O–H groups in total. The SMILES string of the molecule is CO/N=C(/C1=NOCCO1)c1ccccc1O. The van der Waals surface area contributed by atoms with Crippen LogP contribution in [0.15, 0.2) is 34.6 Å². The molecular weight excluding hydrogens is 224 g/mol. The zero-order valence-electron chi connectivity index (χ0n) is 9.29. The molecule has 0 saturated heterocycles. The lowest BCUT2D eigenvalue weighted by Crippen LogP contribution is -2.25. The van der Waals surface area contributed by atoms with Gasteiger partial charge in [-0.2, -0.15) is 0 Å². The average molecular weight is 236 g/mol. The van der Waals surface area contributed by atoms with E-state index in [2.05, 4.69) is 10.3 Å². The maximum Gasteiger partial charge on any atom is 0.280 e. The summed E-state index contributed by atoms with van der Waals surface area (Å²) in [6.45, 7) is 0.777. The smallest absolute Gasteiger partial charge is 0.280 e. The van der Waals surface area contributed by atoms with Gasteiger partial charge >= 0.3 is 0 Å². The van der Waals surface area contributed by atoms with Crippen molar-refractivity contribution >= 4 is 11.6 Å². The molecule has 0 atom stereocenters. The lowest BCUT2D eigenvalue weighted by atomic mass is 10.1. The van der Waals surface area contributed by atoms with E-state index in [-0.39, 0.29) is 11.6 Å². The van der Waals surface area contributed by atoms with Crippen LogP contribution >= 0.6 is 0 Å². The van der Waals surface area contributed by atoms with E-state index in [0.29, 0.717) is 24.5 Å². The fourth-order valence-corrected chi connectivity index (χ4v) is 1.39. The van der Waals surface area contributed by atoms with Crippen molar-refractivity contribution < 1.29 is 19.5 Å². The fraction of sp³-hybridized carbons (Fsp3) is 0.273. The fourth-order valence-electron chi connectivity index (χ4n) is 1.39. The molecule has 2 rings (SSSR count). The van der Waals surface area contributed by atoms with Crippen LogP contribution in [0.1, 0.15) is 5.56 Å². The summed E-state index contributed by atoms with van der Waals surface area (Å²) in [5.41, 5.74) is 0.768. The standard InChI is InChI=1S/C11H12N2O4/c1-15-12-10(11-13-17-7-6-16-11)8-4-2-3-5-9(8)14/h2-5,14H,6-7H2,1H3/b12-10+. The van der Waals surface area contributed by atoms with Crippen molar-refractivity contribution in [3.05, 3.63) is 29.8 Å². The van der Waals surface area contributed by atoms with Crippen LogP contribution in [-0.4, -0.2) is 37.0 Å². The van der Waals surface area contributed by atoms with E-state index in [0.717, 1.165) is 0 Å². The van der Waals surface area contributed by atoms with Gasteiger partial charge in [0.05, 0.1) is 5.56 Å². The average Bonchev–Trinajstić information content (AvgIpc) is 2.38. The maximum absolute atomic E-state index is 9.75. The maximum atomic E-state index is 9.75. The number of hydrogen-bond acceptors (Lipinski definition) is 6. The zero-order valence-corrected chi connectivity index (χ0v) is 9.29. The number of aromatic hydroxyl groups is 1. The Morgan fingerprint density at radius 1 is 1.41 bits per heavy atom. The Morgan fingerprint density at radius 3 is 2.88 bits per heavy atom. The number of para-hydroxylation sites is 1. The van der Waals surface area contributed by atoms with Gasteiger partial charge < -0.3 is 19.5 Å². The van der Waals surface area contributed by atoms with Gasteiger partial charge in [0.2, 0.25) is 0 Å². The van der Waals surface area contributed by atoms with E-state index in [4.69, 9.17) is 14.4 Å². The Balaban J connectivity index is 2.39. The molecule has 1 aliphatic heterocycles. The highest BCUT2D eigenvalue weighted by Crippen LogP contribution is 2.18. The molecule has 1 aliphatic rings. The van der Waals surface area contributed by atoms with E-state index >= 15 is 0 Å². The Morgan fingerprint density at radius 2 is 2.24 bits per heavy atom. The Labute approximate surface area is 98.1 Å². The molecule has 0 radical (unpaired) electrons. The molecule has 1 aromatic carbocycles. The first-order valence-corrected chi connectivity index (χ1v) is 5.05. The highest BCUT2D eigenvalue weighted by Gasteiger charge is 2.20. The molecule has 6 heteroatoms. The summed E-state index contributed by atoms with van der Waals surface area (Å²) in [5, 5.41) is 17.3. The second-order valence-corrected chi connectivity index (χ2v) is 3.22. The van der Waals surface area contributed by atoms with Crippen LogP contribution in [0.2, 0.25) is 0 Å². The van der Waals surface area contributed by atoms with Crippen LogP contribution in [0.5, 0.6) is 5.75 Å². The van der Waals surface area contributed by atoms with Crippen LogP contribution in [0.3, 0.4) is 0 Å². The summed E-state index contributed by atoms with van der Waals surface area (Å²) in [7, 11) is 1.41. The van der Waals surface area contributed by atoms with Crippen molar-refractivity contribution in [1.29, 1.82) is 0 Å². The van der Waals surface area contributed by atoms with Crippen LogP contribution < -0.4 is 0 Å². The molecule has 0 fully saturated rings. The van der Waals surface area contributed by atoms with Gasteiger partial charge in [-0.3, -0.25) is 0 Å². The largest absolute Gasteiger partial charge is 0.507 e. The minimum atomic E-state index is 0.0696. The Kier molecular flexibility index (Phi) is 3.44. The normalized spacial score (nSPS) is 15.6. The molecule has 0 unspecified atom stereocenters. The van der Waals surface area contributed by atoms with Gasteiger partial charge in [-0.15, -0.1) is 0 Å². The molecule has 0 spiro atoms. The summed E-state index contributed by atoms with van der Waals surface area (Å²) in [4.78, 5) is 9.64. The molecule has 17 heavy (non-hydrogen) atoms. The topological polar surface area (TPSA) is 72.6 Å². The highest BCUT2D eigenvalue weighted by atomic mass is 16.7. The number of nitrogens with zero attached hydrogens (tertiary/aromatic N) is 2. The molecule has 90 valence electrons. The quantitative estimate of drug-likeness (QED) is 0.630. The van der Waals surface area contributed by atoms with E-state index in [1.54, 1.807) is 24.3 Å². The van der Waals surface area contributed by atoms with E-state index < -0.39 is 0 Å². The minimum Gasteiger partial charge on any atom is -0.507 e. The number of rotatable bonds is 3. The molecule has 0 saturated carbocycles. The number of oxime groups is 2. The summed E-state index contributed by atoms with van der Waals surface area (Å²) in [6.07, 6.45) is 0. The first-order chi connectivity index (χ1) is 8.33. The van der Waals surface area contributed by atoms with Gasteiger partial charge in [0, 0.05) is 0 Å². The molecular formula is C11H12N2O4.